The molecule has 0 atom stereocenters. The fraction of sp³-hybridized carbons (Fsp3) is 0. The third kappa shape index (κ3) is 3.58. The number of oxazole rings is 1. The fourth-order valence-corrected chi connectivity index (χ4v) is 2.98. The number of pyridine rings is 1. The summed E-state index contributed by atoms with van der Waals surface area (Å²) in [6, 6.07) is 10.5. The maximum absolute atomic E-state index is 14.1. The molecule has 4 aromatic rings. The number of amides is 1. The van der Waals surface area contributed by atoms with Crippen LogP contribution in [0.2, 0.25) is 0 Å². The Kier molecular flexibility index (Phi) is 4.43. The van der Waals surface area contributed by atoms with Crippen LogP contribution in [-0.4, -0.2) is 20.9 Å². The smallest absolute Gasteiger partial charge is 0.294 e. The number of carbonyl (C=O) groups is 1. The van der Waals surface area contributed by atoms with Crippen molar-refractivity contribution < 1.29 is 18.0 Å². The van der Waals surface area contributed by atoms with Crippen molar-refractivity contribution in [3.8, 4) is 22.8 Å². The van der Waals surface area contributed by atoms with Crippen LogP contribution in [0.15, 0.2) is 59.3 Å². The van der Waals surface area contributed by atoms with Gasteiger partial charge in [-0.1, -0.05) is 17.4 Å². The van der Waals surface area contributed by atoms with Crippen molar-refractivity contribution >= 4 is 22.4 Å². The Morgan fingerprint density at radius 1 is 1.07 bits per heavy atom. The molecule has 27 heavy (non-hydrogen) atoms. The van der Waals surface area contributed by atoms with Gasteiger partial charge in [0.15, 0.2) is 5.13 Å². The van der Waals surface area contributed by atoms with Gasteiger partial charge in [0, 0.05) is 11.8 Å². The molecule has 0 unspecified atom stereocenters. The number of halogens is 2. The van der Waals surface area contributed by atoms with Crippen molar-refractivity contribution in [2.75, 3.05) is 5.32 Å². The van der Waals surface area contributed by atoms with Gasteiger partial charge in [-0.15, -0.1) is 0 Å². The molecule has 0 fully saturated rings. The first-order valence-electron chi connectivity index (χ1n) is 7.71. The molecular formula is C18H10F2N4O2S. The minimum Gasteiger partial charge on any atom is -0.431 e. The minimum atomic E-state index is -0.628. The molecule has 0 spiro atoms. The molecule has 134 valence electrons. The molecule has 6 nitrogen and oxygen atoms in total. The second-order valence-electron chi connectivity index (χ2n) is 5.35. The number of thiazole rings is 1. The van der Waals surface area contributed by atoms with Crippen LogP contribution in [0.1, 0.15) is 10.6 Å². The van der Waals surface area contributed by atoms with E-state index >= 15 is 0 Å². The quantitative estimate of drug-likeness (QED) is 0.564. The summed E-state index contributed by atoms with van der Waals surface area (Å²) in [6.07, 6.45) is 2.76. The highest BCUT2D eigenvalue weighted by atomic mass is 32.1. The number of hydrogen-bond donors (Lipinski definition) is 1. The van der Waals surface area contributed by atoms with Crippen LogP contribution >= 0.6 is 11.3 Å². The van der Waals surface area contributed by atoms with E-state index in [0.29, 0.717) is 22.6 Å². The molecule has 0 saturated carbocycles. The molecule has 1 amide bonds. The van der Waals surface area contributed by atoms with E-state index in [9.17, 15) is 13.6 Å². The van der Waals surface area contributed by atoms with E-state index in [1.165, 1.54) is 36.7 Å². The standard InChI is InChI=1S/C18H10F2N4O2S/c19-11-6-4-10(5-7-11)17-22-9-13(26-17)16(25)24-18-23-14(15(20)27-18)12-3-1-2-8-21-12/h1-9H,(H,23,24,25). The van der Waals surface area contributed by atoms with Gasteiger partial charge in [0.05, 0.1) is 11.9 Å². The number of nitrogens with zero attached hydrogens (tertiary/aromatic N) is 3. The molecule has 0 saturated heterocycles. The Hall–Kier alpha value is -3.46. The lowest BCUT2D eigenvalue weighted by atomic mass is 10.2. The summed E-state index contributed by atoms with van der Waals surface area (Å²) in [7, 11) is 0. The predicted octanol–water partition coefficient (Wildman–Crippen LogP) is 4.39. The van der Waals surface area contributed by atoms with E-state index in [4.69, 9.17) is 4.42 Å². The molecule has 0 radical (unpaired) electrons. The van der Waals surface area contributed by atoms with Gasteiger partial charge in [-0.25, -0.2) is 14.4 Å². The van der Waals surface area contributed by atoms with Crippen LogP contribution in [0, 0.1) is 10.9 Å². The molecule has 9 heteroatoms. The summed E-state index contributed by atoms with van der Waals surface area (Å²) in [6.45, 7) is 0. The highest BCUT2D eigenvalue weighted by Gasteiger charge is 2.19. The Balaban J connectivity index is 1.52. The first kappa shape index (κ1) is 17.0. The van der Waals surface area contributed by atoms with Crippen molar-refractivity contribution in [1.82, 2.24) is 15.0 Å². The molecular weight excluding hydrogens is 374 g/mol. The van der Waals surface area contributed by atoms with Gasteiger partial charge in [-0.2, -0.15) is 4.39 Å². The minimum absolute atomic E-state index is 0.0560. The molecule has 0 aliphatic carbocycles. The summed E-state index contributed by atoms with van der Waals surface area (Å²) in [5.41, 5.74) is 0.943. The zero-order valence-electron chi connectivity index (χ0n) is 13.5. The average molecular weight is 384 g/mol. The molecule has 1 aromatic carbocycles. The summed E-state index contributed by atoms with van der Waals surface area (Å²) >= 11 is 0.684. The molecule has 0 aliphatic rings. The van der Waals surface area contributed by atoms with Crippen molar-refractivity contribution in [2.45, 2.75) is 0 Å². The first-order chi connectivity index (χ1) is 13.1. The topological polar surface area (TPSA) is 80.9 Å². The van der Waals surface area contributed by atoms with Crippen LogP contribution in [0.4, 0.5) is 13.9 Å². The van der Waals surface area contributed by atoms with Crippen LogP contribution in [0.5, 0.6) is 0 Å². The molecule has 3 heterocycles. The Labute approximate surface area is 155 Å². The number of rotatable bonds is 4. The van der Waals surface area contributed by atoms with Crippen LogP contribution in [0.3, 0.4) is 0 Å². The van der Waals surface area contributed by atoms with Crippen LogP contribution in [0.25, 0.3) is 22.8 Å². The van der Waals surface area contributed by atoms with E-state index in [1.54, 1.807) is 18.2 Å². The Morgan fingerprint density at radius 3 is 2.63 bits per heavy atom. The average Bonchev–Trinajstić information content (AvgIpc) is 3.30. The SMILES string of the molecule is O=C(Nc1nc(-c2ccccn2)c(F)s1)c1cnc(-c2ccc(F)cc2)o1. The van der Waals surface area contributed by atoms with Crippen LogP contribution < -0.4 is 5.32 Å². The molecule has 3 aromatic heterocycles. The lowest BCUT2D eigenvalue weighted by Gasteiger charge is -1.98. The third-order valence-electron chi connectivity index (χ3n) is 3.53. The predicted molar refractivity (Wildman–Crippen MR) is 95.2 cm³/mol. The van der Waals surface area contributed by atoms with E-state index in [2.05, 4.69) is 20.3 Å². The molecule has 1 N–H and O–H groups in total. The highest BCUT2D eigenvalue weighted by molar-refractivity contribution is 7.14. The zero-order chi connectivity index (χ0) is 18.8. The number of anilines is 1. The summed E-state index contributed by atoms with van der Waals surface area (Å²) in [5, 5.41) is 1.98. The molecule has 0 aliphatic heterocycles. The van der Waals surface area contributed by atoms with Gasteiger partial charge in [0.25, 0.3) is 5.91 Å². The number of nitrogens with one attached hydrogen (secondary N) is 1. The zero-order valence-corrected chi connectivity index (χ0v) is 14.3. The summed E-state index contributed by atoms with van der Waals surface area (Å²) in [4.78, 5) is 24.4. The van der Waals surface area contributed by atoms with Gasteiger partial charge in [-0.3, -0.25) is 15.1 Å². The van der Waals surface area contributed by atoms with Crippen molar-refractivity contribution in [3.63, 3.8) is 0 Å². The van der Waals surface area contributed by atoms with E-state index in [-0.39, 0.29) is 22.5 Å². The third-order valence-corrected chi connectivity index (χ3v) is 4.29. The van der Waals surface area contributed by atoms with Gasteiger partial charge < -0.3 is 4.42 Å². The maximum atomic E-state index is 14.1. The van der Waals surface area contributed by atoms with E-state index in [0.717, 1.165) is 0 Å². The van der Waals surface area contributed by atoms with Gasteiger partial charge in [0.1, 0.15) is 11.5 Å². The van der Waals surface area contributed by atoms with Crippen molar-refractivity contribution in [3.05, 3.63) is 71.6 Å². The van der Waals surface area contributed by atoms with Gasteiger partial charge in [0.2, 0.25) is 16.8 Å². The van der Waals surface area contributed by atoms with E-state index in [1.807, 2.05) is 0 Å². The Bertz CT molecular complexity index is 1090. The van der Waals surface area contributed by atoms with E-state index < -0.39 is 16.9 Å². The molecule has 4 rings (SSSR count). The van der Waals surface area contributed by atoms with Crippen LogP contribution in [-0.2, 0) is 0 Å². The normalized spacial score (nSPS) is 10.7. The fourth-order valence-electron chi connectivity index (χ4n) is 2.28. The largest absolute Gasteiger partial charge is 0.431 e. The summed E-state index contributed by atoms with van der Waals surface area (Å²) in [5.74, 6) is -0.932. The number of carbonyl (C=O) groups excluding carboxylic acids is 1. The second kappa shape index (κ2) is 7.04. The number of benzene rings is 1. The number of aromatic nitrogens is 3. The number of hydrogen-bond acceptors (Lipinski definition) is 6. The van der Waals surface area contributed by atoms with Crippen molar-refractivity contribution in [2.24, 2.45) is 0 Å². The molecule has 0 bridgehead atoms. The van der Waals surface area contributed by atoms with Crippen molar-refractivity contribution in [1.29, 1.82) is 0 Å². The highest BCUT2D eigenvalue weighted by Crippen LogP contribution is 2.28. The summed E-state index contributed by atoms with van der Waals surface area (Å²) < 4.78 is 32.5. The van der Waals surface area contributed by atoms with Gasteiger partial charge >= 0.3 is 0 Å². The second-order valence-corrected chi connectivity index (χ2v) is 6.30. The lowest BCUT2D eigenvalue weighted by Crippen LogP contribution is -2.10. The van der Waals surface area contributed by atoms with Gasteiger partial charge in [-0.05, 0) is 36.4 Å². The lowest BCUT2D eigenvalue weighted by molar-refractivity contribution is 0.0997. The maximum Gasteiger partial charge on any atom is 0.294 e. The first-order valence-corrected chi connectivity index (χ1v) is 8.52. The Morgan fingerprint density at radius 2 is 1.89 bits per heavy atom. The monoisotopic (exact) mass is 384 g/mol.